The van der Waals surface area contributed by atoms with Crippen molar-refractivity contribution in [3.05, 3.63) is 70.2 Å². The van der Waals surface area contributed by atoms with E-state index in [4.69, 9.17) is 11.6 Å². The van der Waals surface area contributed by atoms with Crippen LogP contribution in [0.15, 0.2) is 48.5 Å². The monoisotopic (exact) mass is 287 g/mol. The number of hydrogen-bond acceptors (Lipinski definition) is 2. The molecule has 3 heteroatoms. The van der Waals surface area contributed by atoms with E-state index in [-0.39, 0.29) is 5.78 Å². The summed E-state index contributed by atoms with van der Waals surface area (Å²) in [5.41, 5.74) is 3.20. The smallest absolute Gasteiger partial charge is 0.176 e. The Bertz CT molecular complexity index is 592. The van der Waals surface area contributed by atoms with E-state index in [1.807, 2.05) is 24.1 Å². The SMILES string of the molecule is Cc1ccccc1CN(C)CC(=O)c1ccc(Cl)cc1. The van der Waals surface area contributed by atoms with Crippen molar-refractivity contribution < 1.29 is 4.79 Å². The van der Waals surface area contributed by atoms with Crippen LogP contribution < -0.4 is 0 Å². The molecule has 0 N–H and O–H groups in total. The fourth-order valence-electron chi connectivity index (χ4n) is 2.11. The highest BCUT2D eigenvalue weighted by molar-refractivity contribution is 6.30. The number of likely N-dealkylation sites (N-methyl/N-ethyl adjacent to an activating group) is 1. The first kappa shape index (κ1) is 14.8. The maximum absolute atomic E-state index is 12.2. The second-order valence-corrected chi connectivity index (χ2v) is 5.47. The van der Waals surface area contributed by atoms with Gasteiger partial charge in [0.05, 0.1) is 6.54 Å². The predicted molar refractivity (Wildman–Crippen MR) is 83.3 cm³/mol. The van der Waals surface area contributed by atoms with Crippen molar-refractivity contribution >= 4 is 17.4 Å². The highest BCUT2D eigenvalue weighted by Crippen LogP contribution is 2.12. The zero-order valence-electron chi connectivity index (χ0n) is 11.8. The minimum atomic E-state index is 0.109. The van der Waals surface area contributed by atoms with Crippen LogP contribution in [0.3, 0.4) is 0 Å². The van der Waals surface area contributed by atoms with E-state index in [9.17, 15) is 4.79 Å². The first-order valence-electron chi connectivity index (χ1n) is 6.58. The van der Waals surface area contributed by atoms with Gasteiger partial charge in [0.1, 0.15) is 0 Å². The van der Waals surface area contributed by atoms with Gasteiger partial charge in [-0.05, 0) is 49.4 Å². The van der Waals surface area contributed by atoms with Crippen LogP contribution in [0.2, 0.25) is 5.02 Å². The minimum Gasteiger partial charge on any atom is -0.295 e. The van der Waals surface area contributed by atoms with Crippen molar-refractivity contribution in [2.75, 3.05) is 13.6 Å². The quantitative estimate of drug-likeness (QED) is 0.776. The van der Waals surface area contributed by atoms with Gasteiger partial charge in [-0.15, -0.1) is 0 Å². The zero-order valence-corrected chi connectivity index (χ0v) is 12.5. The molecular formula is C17H18ClNO. The summed E-state index contributed by atoms with van der Waals surface area (Å²) < 4.78 is 0. The molecular weight excluding hydrogens is 270 g/mol. The van der Waals surface area contributed by atoms with Gasteiger partial charge in [0.15, 0.2) is 5.78 Å². The Morgan fingerprint density at radius 3 is 2.40 bits per heavy atom. The first-order valence-corrected chi connectivity index (χ1v) is 6.96. The van der Waals surface area contributed by atoms with Crippen molar-refractivity contribution in [1.82, 2.24) is 4.90 Å². The Morgan fingerprint density at radius 2 is 1.75 bits per heavy atom. The molecule has 0 atom stereocenters. The molecule has 0 amide bonds. The molecule has 0 unspecified atom stereocenters. The molecule has 0 bridgehead atoms. The lowest BCUT2D eigenvalue weighted by Crippen LogP contribution is -2.25. The van der Waals surface area contributed by atoms with Crippen LogP contribution in [0.4, 0.5) is 0 Å². The molecule has 0 aliphatic carbocycles. The van der Waals surface area contributed by atoms with Crippen molar-refractivity contribution in [3.63, 3.8) is 0 Å². The third-order valence-corrected chi connectivity index (χ3v) is 3.53. The maximum Gasteiger partial charge on any atom is 0.176 e. The van der Waals surface area contributed by atoms with Crippen LogP contribution >= 0.6 is 11.6 Å². The molecule has 2 rings (SSSR count). The number of aryl methyl sites for hydroxylation is 1. The normalized spacial score (nSPS) is 10.8. The largest absolute Gasteiger partial charge is 0.295 e. The van der Waals surface area contributed by atoms with Crippen LogP contribution in [0.1, 0.15) is 21.5 Å². The molecule has 0 saturated heterocycles. The molecule has 20 heavy (non-hydrogen) atoms. The van der Waals surface area contributed by atoms with Crippen LogP contribution in [0.5, 0.6) is 0 Å². The number of benzene rings is 2. The second-order valence-electron chi connectivity index (χ2n) is 5.03. The Kier molecular flexibility index (Phi) is 4.94. The number of halogens is 1. The fraction of sp³-hybridized carbons (Fsp3) is 0.235. The van der Waals surface area contributed by atoms with Crippen molar-refractivity contribution in [2.24, 2.45) is 0 Å². The second kappa shape index (κ2) is 6.69. The molecule has 0 radical (unpaired) electrons. The average Bonchev–Trinajstić information content (AvgIpc) is 2.42. The van der Waals surface area contributed by atoms with E-state index in [2.05, 4.69) is 19.1 Å². The molecule has 2 aromatic carbocycles. The van der Waals surface area contributed by atoms with Gasteiger partial charge in [0, 0.05) is 17.1 Å². The lowest BCUT2D eigenvalue weighted by molar-refractivity contribution is 0.0943. The number of hydrogen-bond donors (Lipinski definition) is 0. The van der Waals surface area contributed by atoms with E-state index in [0.717, 1.165) is 6.54 Å². The summed E-state index contributed by atoms with van der Waals surface area (Å²) >= 11 is 5.83. The highest BCUT2D eigenvalue weighted by atomic mass is 35.5. The van der Waals surface area contributed by atoms with Gasteiger partial charge < -0.3 is 0 Å². The van der Waals surface area contributed by atoms with Gasteiger partial charge in [-0.1, -0.05) is 35.9 Å². The molecule has 0 saturated carbocycles. The third kappa shape index (κ3) is 3.92. The van der Waals surface area contributed by atoms with Crippen molar-refractivity contribution in [1.29, 1.82) is 0 Å². The Hall–Kier alpha value is -1.64. The molecule has 0 spiro atoms. The molecule has 0 fully saturated rings. The number of Topliss-reactive ketones (excluding diaryl/α,β-unsaturated/α-hetero) is 1. The zero-order chi connectivity index (χ0) is 14.5. The number of ketones is 1. The number of carbonyl (C=O) groups excluding carboxylic acids is 1. The van der Waals surface area contributed by atoms with Gasteiger partial charge in [-0.3, -0.25) is 9.69 Å². The summed E-state index contributed by atoms with van der Waals surface area (Å²) in [6.45, 7) is 3.26. The van der Waals surface area contributed by atoms with Crippen LogP contribution in [-0.4, -0.2) is 24.3 Å². The number of nitrogens with zero attached hydrogens (tertiary/aromatic N) is 1. The molecule has 2 aromatic rings. The Morgan fingerprint density at radius 1 is 1.10 bits per heavy atom. The molecule has 0 heterocycles. The van der Waals surface area contributed by atoms with E-state index in [1.165, 1.54) is 11.1 Å². The van der Waals surface area contributed by atoms with Gasteiger partial charge in [0.2, 0.25) is 0 Å². The van der Waals surface area contributed by atoms with E-state index in [1.54, 1.807) is 24.3 Å². The Labute approximate surface area is 125 Å². The maximum atomic E-state index is 12.2. The molecule has 0 aliphatic heterocycles. The van der Waals surface area contributed by atoms with E-state index >= 15 is 0 Å². The molecule has 2 nitrogen and oxygen atoms in total. The lowest BCUT2D eigenvalue weighted by Gasteiger charge is -2.17. The summed E-state index contributed by atoms with van der Waals surface area (Å²) in [7, 11) is 1.96. The number of carbonyl (C=O) groups is 1. The van der Waals surface area contributed by atoms with Crippen molar-refractivity contribution in [2.45, 2.75) is 13.5 Å². The molecule has 0 aromatic heterocycles. The van der Waals surface area contributed by atoms with E-state index < -0.39 is 0 Å². The molecule has 0 aliphatic rings. The average molecular weight is 288 g/mol. The van der Waals surface area contributed by atoms with Gasteiger partial charge in [-0.25, -0.2) is 0 Å². The highest BCUT2D eigenvalue weighted by Gasteiger charge is 2.10. The summed E-state index contributed by atoms with van der Waals surface area (Å²) in [5.74, 6) is 0.109. The predicted octanol–water partition coefficient (Wildman–Crippen LogP) is 3.96. The topological polar surface area (TPSA) is 20.3 Å². The summed E-state index contributed by atoms with van der Waals surface area (Å²) in [4.78, 5) is 14.2. The lowest BCUT2D eigenvalue weighted by atomic mass is 10.1. The first-order chi connectivity index (χ1) is 9.56. The summed E-state index contributed by atoms with van der Waals surface area (Å²) in [6.07, 6.45) is 0. The van der Waals surface area contributed by atoms with E-state index in [0.29, 0.717) is 17.1 Å². The third-order valence-electron chi connectivity index (χ3n) is 3.28. The summed E-state index contributed by atoms with van der Waals surface area (Å²) in [5, 5.41) is 0.648. The van der Waals surface area contributed by atoms with Gasteiger partial charge in [-0.2, -0.15) is 0 Å². The number of rotatable bonds is 5. The fourth-order valence-corrected chi connectivity index (χ4v) is 2.23. The van der Waals surface area contributed by atoms with Gasteiger partial charge in [0.25, 0.3) is 0 Å². The van der Waals surface area contributed by atoms with Crippen LogP contribution in [0.25, 0.3) is 0 Å². The van der Waals surface area contributed by atoms with Gasteiger partial charge >= 0.3 is 0 Å². The Balaban J connectivity index is 1.98. The van der Waals surface area contributed by atoms with Crippen LogP contribution in [-0.2, 0) is 6.54 Å². The van der Waals surface area contributed by atoms with Crippen LogP contribution in [0, 0.1) is 6.92 Å². The standard InChI is InChI=1S/C17H18ClNO/c1-13-5-3-4-6-15(13)11-19(2)12-17(20)14-7-9-16(18)10-8-14/h3-10H,11-12H2,1-2H3. The molecule has 104 valence electrons. The minimum absolute atomic E-state index is 0.109. The van der Waals surface area contributed by atoms with Crippen molar-refractivity contribution in [3.8, 4) is 0 Å². The summed E-state index contributed by atoms with van der Waals surface area (Å²) in [6, 6.07) is 15.3.